The number of aromatic amines is 1. The zero-order chi connectivity index (χ0) is 15.7. The maximum absolute atomic E-state index is 12.6. The van der Waals surface area contributed by atoms with Crippen LogP contribution in [0.3, 0.4) is 0 Å². The van der Waals surface area contributed by atoms with Gasteiger partial charge in [0.25, 0.3) is 5.56 Å². The number of aromatic nitrogens is 4. The summed E-state index contributed by atoms with van der Waals surface area (Å²) in [4.78, 5) is 36.9. The number of hydrogen-bond acceptors (Lipinski definition) is 5. The Balaban J connectivity index is 1.68. The van der Waals surface area contributed by atoms with Gasteiger partial charge < -0.3 is 14.5 Å². The molecule has 0 bridgehead atoms. The number of amides is 1. The van der Waals surface area contributed by atoms with Gasteiger partial charge in [0, 0.05) is 31.0 Å². The van der Waals surface area contributed by atoms with E-state index in [0.717, 1.165) is 12.2 Å². The number of carbonyl (C=O) groups is 1. The summed E-state index contributed by atoms with van der Waals surface area (Å²) < 4.78 is 2.06. The molecule has 1 N–H and O–H groups in total. The second-order valence-corrected chi connectivity index (χ2v) is 6.62. The average molecular weight is 319 g/mol. The van der Waals surface area contributed by atoms with Gasteiger partial charge in [-0.1, -0.05) is 11.8 Å². The highest BCUT2D eigenvalue weighted by molar-refractivity contribution is 8.00. The number of aryl methyl sites for hydroxylation is 1. The molecule has 0 aromatic carbocycles. The van der Waals surface area contributed by atoms with Crippen LogP contribution in [0, 0.1) is 6.92 Å². The number of hydrogen-bond donors (Lipinski definition) is 1. The highest BCUT2D eigenvalue weighted by Gasteiger charge is 2.25. The van der Waals surface area contributed by atoms with Gasteiger partial charge in [-0.15, -0.1) is 0 Å². The van der Waals surface area contributed by atoms with Crippen LogP contribution in [0.15, 0.2) is 28.5 Å². The summed E-state index contributed by atoms with van der Waals surface area (Å²) in [7, 11) is 0. The van der Waals surface area contributed by atoms with E-state index in [-0.39, 0.29) is 16.7 Å². The van der Waals surface area contributed by atoms with E-state index in [1.165, 1.54) is 17.8 Å². The number of nitrogens with one attached hydrogen (secondary N) is 1. The zero-order valence-electron chi connectivity index (χ0n) is 12.4. The van der Waals surface area contributed by atoms with Crippen LogP contribution < -0.4 is 5.56 Å². The summed E-state index contributed by atoms with van der Waals surface area (Å²) in [6.45, 7) is 5.60. The Morgan fingerprint density at radius 1 is 1.45 bits per heavy atom. The smallest absolute Gasteiger partial charge is 0.251 e. The van der Waals surface area contributed by atoms with Crippen molar-refractivity contribution in [3.05, 3.63) is 40.3 Å². The third-order valence-corrected chi connectivity index (χ3v) is 4.53. The van der Waals surface area contributed by atoms with Crippen LogP contribution in [-0.4, -0.2) is 42.1 Å². The third kappa shape index (κ3) is 3.06. The Morgan fingerprint density at radius 2 is 2.27 bits per heavy atom. The lowest BCUT2D eigenvalue weighted by Gasteiger charge is -2.29. The summed E-state index contributed by atoms with van der Waals surface area (Å²) >= 11 is 1.28. The summed E-state index contributed by atoms with van der Waals surface area (Å²) in [6, 6.07) is 1.43. The minimum atomic E-state index is -0.306. The molecule has 0 radical (unpaired) electrons. The molecule has 22 heavy (non-hydrogen) atoms. The molecule has 0 spiro atoms. The van der Waals surface area contributed by atoms with Crippen molar-refractivity contribution in [3.8, 4) is 0 Å². The monoisotopic (exact) mass is 319 g/mol. The molecular formula is C14H17N5O2S. The Labute approximate surface area is 131 Å². The first-order valence-electron chi connectivity index (χ1n) is 7.05. The number of imidazole rings is 1. The number of thioether (sulfide) groups is 1. The molecule has 0 aliphatic carbocycles. The van der Waals surface area contributed by atoms with Crippen LogP contribution in [0.2, 0.25) is 0 Å². The van der Waals surface area contributed by atoms with Crippen molar-refractivity contribution in [2.75, 3.05) is 6.54 Å². The van der Waals surface area contributed by atoms with Gasteiger partial charge >= 0.3 is 0 Å². The zero-order valence-corrected chi connectivity index (χ0v) is 13.3. The van der Waals surface area contributed by atoms with Crippen LogP contribution in [-0.2, 0) is 17.9 Å². The molecule has 2 aromatic rings. The lowest BCUT2D eigenvalue weighted by atomic mass is 10.3. The highest BCUT2D eigenvalue weighted by Crippen LogP contribution is 2.22. The van der Waals surface area contributed by atoms with Gasteiger partial charge in [-0.3, -0.25) is 9.59 Å². The number of rotatable bonds is 3. The van der Waals surface area contributed by atoms with E-state index in [1.807, 2.05) is 11.8 Å². The molecule has 1 unspecified atom stereocenters. The molecule has 1 amide bonds. The SMILES string of the molecule is Cc1cc(=O)[nH]c(SC(C)C(=O)N2CCn3cncc3C2)n1. The van der Waals surface area contributed by atoms with Gasteiger partial charge in [0.1, 0.15) is 0 Å². The molecule has 1 aliphatic rings. The molecule has 0 saturated heterocycles. The molecular weight excluding hydrogens is 302 g/mol. The second kappa shape index (κ2) is 5.96. The standard InChI is InChI=1S/C14H17N5O2S/c1-9-5-12(20)17-14(16-9)22-10(2)13(21)18-3-4-19-8-15-6-11(19)7-18/h5-6,8,10H,3-4,7H2,1-2H3,(H,16,17,20). The Bertz CT molecular complexity index is 754. The van der Waals surface area contributed by atoms with Crippen molar-refractivity contribution in [1.82, 2.24) is 24.4 Å². The van der Waals surface area contributed by atoms with E-state index in [1.54, 1.807) is 19.4 Å². The van der Waals surface area contributed by atoms with Gasteiger partial charge in [0.05, 0.1) is 23.8 Å². The van der Waals surface area contributed by atoms with Gasteiger partial charge in [0.15, 0.2) is 5.16 Å². The largest absolute Gasteiger partial charge is 0.334 e. The number of nitrogens with zero attached hydrogens (tertiary/aromatic N) is 4. The van der Waals surface area contributed by atoms with Crippen molar-refractivity contribution in [3.63, 3.8) is 0 Å². The van der Waals surface area contributed by atoms with Crippen molar-refractivity contribution in [2.45, 2.75) is 37.3 Å². The van der Waals surface area contributed by atoms with Crippen molar-refractivity contribution in [2.24, 2.45) is 0 Å². The maximum Gasteiger partial charge on any atom is 0.251 e. The predicted molar refractivity (Wildman–Crippen MR) is 82.6 cm³/mol. The topological polar surface area (TPSA) is 83.9 Å². The molecule has 2 aromatic heterocycles. The lowest BCUT2D eigenvalue weighted by Crippen LogP contribution is -2.41. The van der Waals surface area contributed by atoms with Crippen molar-refractivity contribution in [1.29, 1.82) is 0 Å². The minimum absolute atomic E-state index is 0.0432. The lowest BCUT2D eigenvalue weighted by molar-refractivity contribution is -0.131. The molecule has 0 fully saturated rings. The van der Waals surface area contributed by atoms with Crippen molar-refractivity contribution < 1.29 is 4.79 Å². The van der Waals surface area contributed by atoms with Gasteiger partial charge in [0.2, 0.25) is 5.91 Å². The van der Waals surface area contributed by atoms with Gasteiger partial charge in [-0.05, 0) is 13.8 Å². The van der Waals surface area contributed by atoms with E-state index in [2.05, 4.69) is 19.5 Å². The summed E-state index contributed by atoms with van der Waals surface area (Å²) in [5.41, 5.74) is 1.49. The quantitative estimate of drug-likeness (QED) is 0.668. The number of carbonyl (C=O) groups excluding carboxylic acids is 1. The van der Waals surface area contributed by atoms with Gasteiger partial charge in [-0.25, -0.2) is 9.97 Å². The van der Waals surface area contributed by atoms with Gasteiger partial charge in [-0.2, -0.15) is 0 Å². The van der Waals surface area contributed by atoms with Crippen LogP contribution in [0.4, 0.5) is 0 Å². The van der Waals surface area contributed by atoms with Crippen LogP contribution in [0.1, 0.15) is 18.3 Å². The molecule has 8 heteroatoms. The first kappa shape index (κ1) is 14.8. The molecule has 116 valence electrons. The normalized spacial score (nSPS) is 15.5. The fraction of sp³-hybridized carbons (Fsp3) is 0.429. The number of fused-ring (bicyclic) bond motifs is 1. The van der Waals surface area contributed by atoms with Crippen molar-refractivity contribution >= 4 is 17.7 Å². The fourth-order valence-corrected chi connectivity index (χ4v) is 3.40. The molecule has 1 aliphatic heterocycles. The second-order valence-electron chi connectivity index (χ2n) is 5.29. The predicted octanol–water partition coefficient (Wildman–Crippen LogP) is 0.798. The fourth-order valence-electron chi connectivity index (χ4n) is 2.45. The number of H-pyrrole nitrogens is 1. The maximum atomic E-state index is 12.6. The molecule has 3 heterocycles. The minimum Gasteiger partial charge on any atom is -0.334 e. The van der Waals surface area contributed by atoms with Crippen LogP contribution >= 0.6 is 11.8 Å². The van der Waals surface area contributed by atoms with E-state index in [4.69, 9.17) is 0 Å². The Hall–Kier alpha value is -2.09. The molecule has 7 nitrogen and oxygen atoms in total. The highest BCUT2D eigenvalue weighted by atomic mass is 32.2. The van der Waals surface area contributed by atoms with Crippen LogP contribution in [0.25, 0.3) is 0 Å². The summed E-state index contributed by atoms with van der Waals surface area (Å²) in [6.07, 6.45) is 3.58. The van der Waals surface area contributed by atoms with Crippen LogP contribution in [0.5, 0.6) is 0 Å². The van der Waals surface area contributed by atoms with E-state index in [0.29, 0.717) is 23.9 Å². The average Bonchev–Trinajstić information content (AvgIpc) is 2.92. The molecule has 3 rings (SSSR count). The first-order chi connectivity index (χ1) is 10.5. The molecule has 0 saturated carbocycles. The van der Waals surface area contributed by atoms with E-state index in [9.17, 15) is 9.59 Å². The molecule has 1 atom stereocenters. The summed E-state index contributed by atoms with van der Waals surface area (Å²) in [5.74, 6) is 0.0432. The Kier molecular flexibility index (Phi) is 4.02. The third-order valence-electron chi connectivity index (χ3n) is 3.56. The van der Waals surface area contributed by atoms with E-state index >= 15 is 0 Å². The van der Waals surface area contributed by atoms with E-state index < -0.39 is 0 Å². The summed E-state index contributed by atoms with van der Waals surface area (Å²) in [5, 5.41) is 0.173. The first-order valence-corrected chi connectivity index (χ1v) is 7.93. The Morgan fingerprint density at radius 3 is 3.05 bits per heavy atom.